The van der Waals surface area contributed by atoms with E-state index >= 15 is 0 Å². The smallest absolute Gasteiger partial charge is 0.410 e. The molecular weight excluding hydrogens is 380 g/mol. The summed E-state index contributed by atoms with van der Waals surface area (Å²) >= 11 is 0. The van der Waals surface area contributed by atoms with Gasteiger partial charge in [0.1, 0.15) is 12.2 Å². The summed E-state index contributed by atoms with van der Waals surface area (Å²) in [4.78, 5) is 37.0. The first kappa shape index (κ1) is 24.2. The van der Waals surface area contributed by atoms with Crippen molar-refractivity contribution in [1.82, 2.24) is 10.2 Å². The van der Waals surface area contributed by atoms with Crippen LogP contribution < -0.4 is 5.32 Å². The van der Waals surface area contributed by atoms with Gasteiger partial charge in [0, 0.05) is 13.6 Å². The number of benzene rings is 1. The van der Waals surface area contributed by atoms with Crippen LogP contribution in [-0.2, 0) is 30.3 Å². The molecule has 1 rings (SSSR count). The highest BCUT2D eigenvalue weighted by molar-refractivity contribution is 5.81. The van der Waals surface area contributed by atoms with Gasteiger partial charge in [-0.3, -0.25) is 0 Å². The quantitative estimate of drug-likeness (QED) is 0.379. The highest BCUT2D eigenvalue weighted by Crippen LogP contribution is 2.09. The second kappa shape index (κ2) is 11.9. The zero-order chi connectivity index (χ0) is 21.9. The first-order valence-corrected chi connectivity index (χ1v) is 9.19. The molecule has 9 nitrogen and oxygen atoms in total. The molecule has 162 valence electrons. The van der Waals surface area contributed by atoms with Crippen LogP contribution in [0.2, 0.25) is 0 Å². The number of methoxy groups -OCH3 is 1. The lowest BCUT2D eigenvalue weighted by atomic mass is 10.2. The minimum atomic E-state index is -1.03. The summed E-state index contributed by atoms with van der Waals surface area (Å²) in [6, 6.07) is 8.11. The van der Waals surface area contributed by atoms with Gasteiger partial charge in [0.25, 0.3) is 0 Å². The average Bonchev–Trinajstić information content (AvgIpc) is 2.67. The van der Waals surface area contributed by atoms with Gasteiger partial charge < -0.3 is 29.2 Å². The summed E-state index contributed by atoms with van der Waals surface area (Å²) < 4.78 is 20.4. The largest absolute Gasteiger partial charge is 0.467 e. The van der Waals surface area contributed by atoms with E-state index in [0.29, 0.717) is 0 Å². The molecule has 0 aliphatic heterocycles. The van der Waals surface area contributed by atoms with Crippen molar-refractivity contribution in [2.45, 2.75) is 39.0 Å². The molecule has 0 aromatic heterocycles. The third-order valence-electron chi connectivity index (χ3n) is 3.55. The monoisotopic (exact) mass is 410 g/mol. The lowest BCUT2D eigenvalue weighted by Gasteiger charge is -2.24. The van der Waals surface area contributed by atoms with E-state index in [0.717, 1.165) is 5.56 Å². The number of esters is 1. The van der Waals surface area contributed by atoms with Crippen LogP contribution in [0.25, 0.3) is 0 Å². The summed E-state index contributed by atoms with van der Waals surface area (Å²) in [6.45, 7) is 5.67. The summed E-state index contributed by atoms with van der Waals surface area (Å²) in [5, 5.41) is 2.41. The Labute approximate surface area is 171 Å². The van der Waals surface area contributed by atoms with Gasteiger partial charge in [0.2, 0.25) is 0 Å². The fourth-order valence-corrected chi connectivity index (χ4v) is 2.05. The maximum Gasteiger partial charge on any atom is 0.410 e. The molecule has 0 saturated heterocycles. The van der Waals surface area contributed by atoms with Crippen LogP contribution >= 0.6 is 0 Å². The summed E-state index contributed by atoms with van der Waals surface area (Å²) in [5.41, 5.74) is 0.227. The minimum Gasteiger partial charge on any atom is -0.467 e. The van der Waals surface area contributed by atoms with Gasteiger partial charge in [-0.05, 0) is 26.3 Å². The lowest BCUT2D eigenvalue weighted by Crippen LogP contribution is -2.45. The molecule has 0 spiro atoms. The van der Waals surface area contributed by atoms with Crippen LogP contribution in [0, 0.1) is 0 Å². The molecule has 0 aliphatic carbocycles. The maximum atomic E-state index is 11.9. The van der Waals surface area contributed by atoms with Gasteiger partial charge in [-0.1, -0.05) is 30.3 Å². The Morgan fingerprint density at radius 3 is 2.38 bits per heavy atom. The number of nitrogens with one attached hydrogen (secondary N) is 1. The van der Waals surface area contributed by atoms with Gasteiger partial charge in [0.15, 0.2) is 6.04 Å². The SMILES string of the molecule is COC(=O)[C@H](COCCN(C)C(=O)OC(C)(C)C)NC(=O)OCc1ccccc1. The highest BCUT2D eigenvalue weighted by atomic mass is 16.6. The van der Waals surface area contributed by atoms with Crippen molar-refractivity contribution >= 4 is 18.2 Å². The molecule has 0 radical (unpaired) electrons. The number of nitrogens with zero attached hydrogens (tertiary/aromatic N) is 1. The first-order valence-electron chi connectivity index (χ1n) is 9.19. The molecular formula is C20H30N2O7. The topological polar surface area (TPSA) is 103 Å². The molecule has 0 saturated carbocycles. The molecule has 1 aromatic rings. The third kappa shape index (κ3) is 10.3. The third-order valence-corrected chi connectivity index (χ3v) is 3.55. The van der Waals surface area contributed by atoms with E-state index < -0.39 is 29.8 Å². The van der Waals surface area contributed by atoms with E-state index in [-0.39, 0.29) is 26.4 Å². The number of ether oxygens (including phenoxy) is 4. The van der Waals surface area contributed by atoms with Crippen molar-refractivity contribution in [2.24, 2.45) is 0 Å². The summed E-state index contributed by atoms with van der Waals surface area (Å²) in [7, 11) is 2.79. The Balaban J connectivity index is 2.40. The first-order chi connectivity index (χ1) is 13.6. The summed E-state index contributed by atoms with van der Waals surface area (Å²) in [5.74, 6) is -0.665. The molecule has 29 heavy (non-hydrogen) atoms. The molecule has 1 atom stereocenters. The Bertz CT molecular complexity index is 659. The van der Waals surface area contributed by atoms with Crippen LogP contribution in [0.3, 0.4) is 0 Å². The minimum absolute atomic E-state index is 0.0715. The normalized spacial score (nSPS) is 11.9. The zero-order valence-electron chi connectivity index (χ0n) is 17.6. The molecule has 0 aliphatic rings. The van der Waals surface area contributed by atoms with Crippen LogP contribution in [-0.4, -0.2) is 68.6 Å². The lowest BCUT2D eigenvalue weighted by molar-refractivity contribution is -0.144. The molecule has 1 aromatic carbocycles. The average molecular weight is 410 g/mol. The number of alkyl carbamates (subject to hydrolysis) is 1. The van der Waals surface area contributed by atoms with Gasteiger partial charge in [0.05, 0.1) is 20.3 Å². The molecule has 0 fully saturated rings. The van der Waals surface area contributed by atoms with Crippen LogP contribution in [0.15, 0.2) is 30.3 Å². The van der Waals surface area contributed by atoms with Crippen molar-refractivity contribution < 1.29 is 33.3 Å². The van der Waals surface area contributed by atoms with Crippen molar-refractivity contribution in [3.8, 4) is 0 Å². The van der Waals surface area contributed by atoms with Gasteiger partial charge in [-0.25, -0.2) is 14.4 Å². The van der Waals surface area contributed by atoms with E-state index in [4.69, 9.17) is 14.2 Å². The molecule has 2 amide bonds. The fraction of sp³-hybridized carbons (Fsp3) is 0.550. The van der Waals surface area contributed by atoms with E-state index in [1.807, 2.05) is 30.3 Å². The Morgan fingerprint density at radius 2 is 1.79 bits per heavy atom. The van der Waals surface area contributed by atoms with Crippen LogP contribution in [0.4, 0.5) is 9.59 Å². The number of hydrogen-bond donors (Lipinski definition) is 1. The number of carbonyl (C=O) groups excluding carboxylic acids is 3. The number of likely N-dealkylation sites (N-methyl/N-ethyl adjacent to an activating group) is 1. The van der Waals surface area contributed by atoms with Crippen molar-refractivity contribution in [1.29, 1.82) is 0 Å². The second-order valence-corrected chi connectivity index (χ2v) is 7.26. The molecule has 0 bridgehead atoms. The van der Waals surface area contributed by atoms with Crippen molar-refractivity contribution in [3.63, 3.8) is 0 Å². The van der Waals surface area contributed by atoms with Gasteiger partial charge in [-0.2, -0.15) is 0 Å². The standard InChI is InChI=1S/C20H30N2O7/c1-20(2,3)29-19(25)22(4)11-12-27-14-16(17(23)26-5)21-18(24)28-13-15-9-7-6-8-10-15/h6-10,16H,11-14H2,1-5H3,(H,21,24)/t16-/m0/s1. The second-order valence-electron chi connectivity index (χ2n) is 7.26. The fourth-order valence-electron chi connectivity index (χ4n) is 2.05. The maximum absolute atomic E-state index is 11.9. The van der Waals surface area contributed by atoms with Crippen molar-refractivity contribution in [3.05, 3.63) is 35.9 Å². The molecule has 1 N–H and O–H groups in total. The predicted molar refractivity (Wildman–Crippen MR) is 105 cm³/mol. The zero-order valence-corrected chi connectivity index (χ0v) is 17.6. The van der Waals surface area contributed by atoms with E-state index in [1.54, 1.807) is 27.8 Å². The molecule has 0 heterocycles. The van der Waals surface area contributed by atoms with Crippen LogP contribution in [0.5, 0.6) is 0 Å². The number of rotatable bonds is 9. The van der Waals surface area contributed by atoms with Crippen LogP contribution in [0.1, 0.15) is 26.3 Å². The highest BCUT2D eigenvalue weighted by Gasteiger charge is 2.23. The summed E-state index contributed by atoms with van der Waals surface area (Å²) in [6.07, 6.45) is -1.24. The van der Waals surface area contributed by atoms with Gasteiger partial charge in [-0.15, -0.1) is 0 Å². The Morgan fingerprint density at radius 1 is 1.14 bits per heavy atom. The Hall–Kier alpha value is -2.81. The number of carbonyl (C=O) groups is 3. The van der Waals surface area contributed by atoms with E-state index in [1.165, 1.54) is 12.0 Å². The predicted octanol–water partition coefficient (Wildman–Crippen LogP) is 2.34. The van der Waals surface area contributed by atoms with E-state index in [9.17, 15) is 14.4 Å². The molecule has 9 heteroatoms. The van der Waals surface area contributed by atoms with E-state index in [2.05, 4.69) is 10.1 Å². The van der Waals surface area contributed by atoms with Gasteiger partial charge >= 0.3 is 18.2 Å². The number of amides is 2. The Kier molecular flexibility index (Phi) is 9.94. The number of hydrogen-bond acceptors (Lipinski definition) is 7. The van der Waals surface area contributed by atoms with Crippen molar-refractivity contribution in [2.75, 3.05) is 33.9 Å². The molecule has 0 unspecified atom stereocenters.